The van der Waals surface area contributed by atoms with E-state index in [1.165, 1.54) is 15.3 Å². The minimum atomic E-state index is -0.0580. The SMILES string of the molecule is Cc1ccc(N2C(=O)/C(=C/c3ccc(I)cc3)SC2=S)cc1. The minimum absolute atomic E-state index is 0.0580. The van der Waals surface area contributed by atoms with Crippen LogP contribution in [0.1, 0.15) is 11.1 Å². The van der Waals surface area contributed by atoms with Gasteiger partial charge in [0.05, 0.1) is 10.6 Å². The molecule has 1 aliphatic rings. The Morgan fingerprint density at radius 1 is 1.09 bits per heavy atom. The normalized spacial score (nSPS) is 16.6. The van der Waals surface area contributed by atoms with Crippen LogP contribution in [0.25, 0.3) is 6.08 Å². The average molecular weight is 437 g/mol. The van der Waals surface area contributed by atoms with Gasteiger partial charge in [-0.2, -0.15) is 0 Å². The van der Waals surface area contributed by atoms with Gasteiger partial charge in [-0.1, -0.05) is 53.8 Å². The molecule has 0 bridgehead atoms. The van der Waals surface area contributed by atoms with Crippen molar-refractivity contribution in [2.24, 2.45) is 0 Å². The first-order valence-electron chi connectivity index (χ1n) is 6.65. The summed E-state index contributed by atoms with van der Waals surface area (Å²) < 4.78 is 1.74. The number of thioether (sulfide) groups is 1. The number of thiocarbonyl (C=S) groups is 1. The number of halogens is 1. The molecule has 5 heteroatoms. The summed E-state index contributed by atoms with van der Waals surface area (Å²) in [6.07, 6.45) is 1.89. The number of amides is 1. The molecule has 2 nitrogen and oxygen atoms in total. The van der Waals surface area contributed by atoms with Crippen LogP contribution in [0.2, 0.25) is 0 Å². The molecule has 3 rings (SSSR count). The fraction of sp³-hybridized carbons (Fsp3) is 0.0588. The Morgan fingerprint density at radius 3 is 2.36 bits per heavy atom. The molecule has 1 amide bonds. The lowest BCUT2D eigenvalue weighted by atomic mass is 10.2. The smallest absolute Gasteiger partial charge is 0.268 e. The third-order valence-electron chi connectivity index (χ3n) is 3.25. The molecule has 0 atom stereocenters. The minimum Gasteiger partial charge on any atom is -0.268 e. The second-order valence-corrected chi connectivity index (χ2v) is 7.83. The summed E-state index contributed by atoms with van der Waals surface area (Å²) in [6.45, 7) is 2.02. The number of benzene rings is 2. The maximum atomic E-state index is 12.6. The molecule has 0 spiro atoms. The Kier molecular flexibility index (Phi) is 4.65. The molecule has 0 N–H and O–H groups in total. The van der Waals surface area contributed by atoms with Gasteiger partial charge in [-0.25, -0.2) is 0 Å². The quantitative estimate of drug-likeness (QED) is 0.375. The molecule has 0 saturated carbocycles. The number of rotatable bonds is 2. The molecule has 1 aliphatic heterocycles. The van der Waals surface area contributed by atoms with Crippen molar-refractivity contribution < 1.29 is 4.79 Å². The Bertz CT molecular complexity index is 766. The molecular weight excluding hydrogens is 425 g/mol. The van der Waals surface area contributed by atoms with Crippen molar-refractivity contribution >= 4 is 68.6 Å². The van der Waals surface area contributed by atoms with Crippen LogP contribution in [-0.2, 0) is 4.79 Å². The highest BCUT2D eigenvalue weighted by molar-refractivity contribution is 14.1. The van der Waals surface area contributed by atoms with Gasteiger partial charge in [-0.05, 0) is 65.4 Å². The third kappa shape index (κ3) is 3.26. The molecular formula is C17H12INOS2. The zero-order valence-corrected chi connectivity index (χ0v) is 15.5. The molecule has 0 unspecified atom stereocenters. The van der Waals surface area contributed by atoms with Gasteiger partial charge in [-0.15, -0.1) is 0 Å². The lowest BCUT2D eigenvalue weighted by Crippen LogP contribution is -2.27. The predicted molar refractivity (Wildman–Crippen MR) is 106 cm³/mol. The van der Waals surface area contributed by atoms with Crippen LogP contribution in [0, 0.1) is 10.5 Å². The number of nitrogens with zero attached hydrogens (tertiary/aromatic N) is 1. The van der Waals surface area contributed by atoms with Gasteiger partial charge in [0.15, 0.2) is 4.32 Å². The van der Waals surface area contributed by atoms with Gasteiger partial charge in [0.1, 0.15) is 0 Å². The molecule has 110 valence electrons. The highest BCUT2D eigenvalue weighted by Gasteiger charge is 2.33. The summed E-state index contributed by atoms with van der Waals surface area (Å²) in [5.41, 5.74) is 2.98. The molecule has 1 heterocycles. The van der Waals surface area contributed by atoms with E-state index >= 15 is 0 Å². The number of hydrogen-bond donors (Lipinski definition) is 0. The summed E-state index contributed by atoms with van der Waals surface area (Å²) in [7, 11) is 0. The first-order valence-corrected chi connectivity index (χ1v) is 8.95. The van der Waals surface area contributed by atoms with Crippen molar-refractivity contribution in [1.82, 2.24) is 0 Å². The fourth-order valence-electron chi connectivity index (χ4n) is 2.09. The summed E-state index contributed by atoms with van der Waals surface area (Å²) in [4.78, 5) is 14.9. The molecule has 1 fully saturated rings. The van der Waals surface area contributed by atoms with E-state index in [9.17, 15) is 4.79 Å². The Labute approximate surface area is 152 Å². The number of aryl methyl sites for hydroxylation is 1. The summed E-state index contributed by atoms with van der Waals surface area (Å²) in [5, 5.41) is 0. The molecule has 0 aliphatic carbocycles. The largest absolute Gasteiger partial charge is 0.270 e. The lowest BCUT2D eigenvalue weighted by Gasteiger charge is -2.14. The third-order valence-corrected chi connectivity index (χ3v) is 5.27. The van der Waals surface area contributed by atoms with Crippen LogP contribution >= 0.6 is 46.6 Å². The highest BCUT2D eigenvalue weighted by atomic mass is 127. The van der Waals surface area contributed by atoms with E-state index in [1.54, 1.807) is 4.90 Å². The van der Waals surface area contributed by atoms with Crippen LogP contribution in [0.15, 0.2) is 53.4 Å². The van der Waals surface area contributed by atoms with Gasteiger partial charge >= 0.3 is 0 Å². The Balaban J connectivity index is 1.91. The Hall–Kier alpha value is -1.18. The first kappa shape index (κ1) is 15.7. The second-order valence-electron chi connectivity index (χ2n) is 4.90. The molecule has 2 aromatic rings. The van der Waals surface area contributed by atoms with E-state index < -0.39 is 0 Å². The predicted octanol–water partition coefficient (Wildman–Crippen LogP) is 5.01. The fourth-order valence-corrected chi connectivity index (χ4v) is 3.75. The second kappa shape index (κ2) is 6.52. The van der Waals surface area contributed by atoms with Crippen LogP contribution < -0.4 is 4.90 Å². The van der Waals surface area contributed by atoms with E-state index in [1.807, 2.05) is 61.5 Å². The van der Waals surface area contributed by atoms with Crippen molar-refractivity contribution in [2.75, 3.05) is 4.90 Å². The van der Waals surface area contributed by atoms with Crippen molar-refractivity contribution in [1.29, 1.82) is 0 Å². The van der Waals surface area contributed by atoms with Gasteiger partial charge < -0.3 is 0 Å². The summed E-state index contributed by atoms with van der Waals surface area (Å²) >= 11 is 8.98. The number of carbonyl (C=O) groups excluding carboxylic acids is 1. The monoisotopic (exact) mass is 437 g/mol. The van der Waals surface area contributed by atoms with Crippen LogP contribution in [0.4, 0.5) is 5.69 Å². The highest BCUT2D eigenvalue weighted by Crippen LogP contribution is 2.36. The molecule has 22 heavy (non-hydrogen) atoms. The lowest BCUT2D eigenvalue weighted by molar-refractivity contribution is -0.113. The molecule has 0 radical (unpaired) electrons. The van der Waals surface area contributed by atoms with Crippen LogP contribution in [-0.4, -0.2) is 10.2 Å². The van der Waals surface area contributed by atoms with Crippen molar-refractivity contribution in [3.05, 3.63) is 68.1 Å². The molecule has 0 aromatic heterocycles. The summed E-state index contributed by atoms with van der Waals surface area (Å²) in [6, 6.07) is 15.9. The topological polar surface area (TPSA) is 20.3 Å². The van der Waals surface area contributed by atoms with E-state index in [0.717, 1.165) is 16.8 Å². The standard InChI is InChI=1S/C17H12INOS2/c1-11-2-8-14(9-3-11)19-16(20)15(22-17(19)21)10-12-4-6-13(18)7-5-12/h2-10H,1H3/b15-10-. The van der Waals surface area contributed by atoms with Gasteiger partial charge in [0.2, 0.25) is 0 Å². The van der Waals surface area contributed by atoms with Crippen molar-refractivity contribution in [3.63, 3.8) is 0 Å². The maximum Gasteiger partial charge on any atom is 0.270 e. The van der Waals surface area contributed by atoms with Crippen molar-refractivity contribution in [3.8, 4) is 0 Å². The molecule has 2 aromatic carbocycles. The number of carbonyl (C=O) groups is 1. The Morgan fingerprint density at radius 2 is 1.73 bits per heavy atom. The van der Waals surface area contributed by atoms with E-state index in [2.05, 4.69) is 22.6 Å². The zero-order chi connectivity index (χ0) is 15.7. The number of hydrogen-bond acceptors (Lipinski definition) is 3. The van der Waals surface area contributed by atoms with Crippen LogP contribution in [0.3, 0.4) is 0 Å². The van der Waals surface area contributed by atoms with Gasteiger partial charge in [0, 0.05) is 3.57 Å². The van der Waals surface area contributed by atoms with E-state index in [4.69, 9.17) is 12.2 Å². The first-order chi connectivity index (χ1) is 10.5. The van der Waals surface area contributed by atoms with E-state index in [0.29, 0.717) is 9.23 Å². The van der Waals surface area contributed by atoms with Gasteiger partial charge in [0.25, 0.3) is 5.91 Å². The van der Waals surface area contributed by atoms with Gasteiger partial charge in [-0.3, -0.25) is 9.69 Å². The van der Waals surface area contributed by atoms with Crippen molar-refractivity contribution in [2.45, 2.75) is 6.92 Å². The summed E-state index contributed by atoms with van der Waals surface area (Å²) in [5.74, 6) is -0.0580. The maximum absolute atomic E-state index is 12.6. The average Bonchev–Trinajstić information content (AvgIpc) is 2.77. The zero-order valence-electron chi connectivity index (χ0n) is 11.7. The molecule has 1 saturated heterocycles. The van der Waals surface area contributed by atoms with Crippen LogP contribution in [0.5, 0.6) is 0 Å². The number of anilines is 1. The van der Waals surface area contributed by atoms with E-state index in [-0.39, 0.29) is 5.91 Å².